The van der Waals surface area contributed by atoms with Crippen LogP contribution in [0.15, 0.2) is 24.3 Å². The van der Waals surface area contributed by atoms with Crippen molar-refractivity contribution in [2.45, 2.75) is 25.0 Å². The van der Waals surface area contributed by atoms with E-state index in [2.05, 4.69) is 17.0 Å². The Labute approximate surface area is 125 Å². The number of piperidine rings is 1. The van der Waals surface area contributed by atoms with Gasteiger partial charge in [0.1, 0.15) is 4.99 Å². The van der Waals surface area contributed by atoms with Crippen molar-refractivity contribution in [3.63, 3.8) is 0 Å². The van der Waals surface area contributed by atoms with E-state index < -0.39 is 0 Å². The molecule has 0 saturated carbocycles. The second-order valence-electron chi connectivity index (χ2n) is 5.02. The molecule has 2 N–H and O–H groups in total. The summed E-state index contributed by atoms with van der Waals surface area (Å²) < 4.78 is 0. The van der Waals surface area contributed by atoms with Gasteiger partial charge in [0.15, 0.2) is 0 Å². The van der Waals surface area contributed by atoms with Gasteiger partial charge in [-0.3, -0.25) is 0 Å². The van der Waals surface area contributed by atoms with Crippen LogP contribution in [0, 0.1) is 0 Å². The first-order valence-corrected chi connectivity index (χ1v) is 8.51. The number of rotatable bonds is 6. The molecule has 0 aliphatic carbocycles. The Hall–Kier alpha value is -0.580. The lowest BCUT2D eigenvalue weighted by Gasteiger charge is -2.26. The van der Waals surface area contributed by atoms with E-state index in [-0.39, 0.29) is 0 Å². The van der Waals surface area contributed by atoms with E-state index in [4.69, 9.17) is 18.0 Å². The molecule has 0 unspecified atom stereocenters. The van der Waals surface area contributed by atoms with Crippen LogP contribution < -0.4 is 5.73 Å². The van der Waals surface area contributed by atoms with E-state index >= 15 is 0 Å². The number of thioether (sulfide) groups is 1. The van der Waals surface area contributed by atoms with Crippen LogP contribution in [0.1, 0.15) is 30.4 Å². The predicted molar refractivity (Wildman–Crippen MR) is 88.8 cm³/mol. The normalized spacial score (nSPS) is 16.4. The van der Waals surface area contributed by atoms with Gasteiger partial charge in [0, 0.05) is 23.6 Å². The molecule has 19 heavy (non-hydrogen) atoms. The van der Waals surface area contributed by atoms with Crippen LogP contribution in [0.2, 0.25) is 0 Å². The molecule has 1 aromatic carbocycles. The fourth-order valence-electron chi connectivity index (χ4n) is 2.33. The molecule has 104 valence electrons. The zero-order chi connectivity index (χ0) is 13.5. The van der Waals surface area contributed by atoms with Gasteiger partial charge in [0.2, 0.25) is 0 Å². The second-order valence-corrected chi connectivity index (χ2v) is 6.56. The molecule has 1 saturated heterocycles. The zero-order valence-corrected chi connectivity index (χ0v) is 12.9. The van der Waals surface area contributed by atoms with E-state index in [1.807, 2.05) is 23.9 Å². The second kappa shape index (κ2) is 7.88. The van der Waals surface area contributed by atoms with Gasteiger partial charge in [-0.2, -0.15) is 11.8 Å². The first-order valence-electron chi connectivity index (χ1n) is 6.94. The van der Waals surface area contributed by atoms with Crippen LogP contribution >= 0.6 is 24.0 Å². The smallest absolute Gasteiger partial charge is 0.103 e. The maximum Gasteiger partial charge on any atom is 0.103 e. The lowest BCUT2D eigenvalue weighted by Crippen LogP contribution is -2.31. The predicted octanol–water partition coefficient (Wildman–Crippen LogP) is 3.04. The Kier molecular flexibility index (Phi) is 6.14. The highest BCUT2D eigenvalue weighted by molar-refractivity contribution is 7.98. The summed E-state index contributed by atoms with van der Waals surface area (Å²) >= 11 is 6.96. The summed E-state index contributed by atoms with van der Waals surface area (Å²) in [6, 6.07) is 8.29. The zero-order valence-electron chi connectivity index (χ0n) is 11.3. The SMILES string of the molecule is NC(=S)c1ccc(CSCCN2CCCCC2)cc1. The molecular weight excluding hydrogens is 272 g/mol. The summed E-state index contributed by atoms with van der Waals surface area (Å²) in [6.07, 6.45) is 4.18. The van der Waals surface area contributed by atoms with Crippen molar-refractivity contribution in [3.05, 3.63) is 35.4 Å². The number of thiocarbonyl (C=S) groups is 1. The fraction of sp³-hybridized carbons (Fsp3) is 0.533. The molecular formula is C15H22N2S2. The molecule has 0 spiro atoms. The minimum Gasteiger partial charge on any atom is -0.389 e. The molecule has 1 aliphatic rings. The first kappa shape index (κ1) is 14.8. The molecule has 1 aliphatic heterocycles. The molecule has 2 nitrogen and oxygen atoms in total. The van der Waals surface area contributed by atoms with E-state index in [1.165, 1.54) is 50.2 Å². The minimum atomic E-state index is 0.476. The highest BCUT2D eigenvalue weighted by atomic mass is 32.2. The Bertz CT molecular complexity index is 397. The van der Waals surface area contributed by atoms with Crippen molar-refractivity contribution >= 4 is 29.0 Å². The number of likely N-dealkylation sites (tertiary alicyclic amines) is 1. The Balaban J connectivity index is 1.66. The van der Waals surface area contributed by atoms with Crippen LogP contribution in [-0.4, -0.2) is 35.3 Å². The number of hydrogen-bond donors (Lipinski definition) is 1. The lowest BCUT2D eigenvalue weighted by molar-refractivity contribution is 0.242. The molecule has 4 heteroatoms. The van der Waals surface area contributed by atoms with E-state index in [0.29, 0.717) is 4.99 Å². The third kappa shape index (κ3) is 5.13. The maximum atomic E-state index is 5.59. The van der Waals surface area contributed by atoms with Gasteiger partial charge in [0.25, 0.3) is 0 Å². The van der Waals surface area contributed by atoms with Gasteiger partial charge < -0.3 is 10.6 Å². The van der Waals surface area contributed by atoms with Gasteiger partial charge in [-0.05, 0) is 31.5 Å². The number of nitrogens with zero attached hydrogens (tertiary/aromatic N) is 1. The Morgan fingerprint density at radius 1 is 1.16 bits per heavy atom. The number of benzene rings is 1. The number of nitrogens with two attached hydrogens (primary N) is 1. The standard InChI is InChI=1S/C15H22N2S2/c16-15(18)14-6-4-13(5-7-14)12-19-11-10-17-8-2-1-3-9-17/h4-7H,1-3,8-12H2,(H2,16,18). The van der Waals surface area contributed by atoms with Gasteiger partial charge in [-0.15, -0.1) is 0 Å². The molecule has 1 aromatic rings. The summed E-state index contributed by atoms with van der Waals surface area (Å²) in [7, 11) is 0. The number of hydrogen-bond acceptors (Lipinski definition) is 3. The fourth-order valence-corrected chi connectivity index (χ4v) is 3.43. The molecule has 0 bridgehead atoms. The first-order chi connectivity index (χ1) is 9.25. The van der Waals surface area contributed by atoms with Gasteiger partial charge in [0.05, 0.1) is 0 Å². The summed E-state index contributed by atoms with van der Waals surface area (Å²) in [5.41, 5.74) is 7.89. The van der Waals surface area contributed by atoms with Crippen LogP contribution in [-0.2, 0) is 5.75 Å². The third-order valence-corrected chi connectivity index (χ3v) is 4.75. The van der Waals surface area contributed by atoms with E-state index in [0.717, 1.165) is 11.3 Å². The summed E-state index contributed by atoms with van der Waals surface area (Å²) in [5.74, 6) is 2.29. The molecule has 1 heterocycles. The average molecular weight is 294 g/mol. The average Bonchev–Trinajstić information content (AvgIpc) is 2.45. The maximum absolute atomic E-state index is 5.59. The summed E-state index contributed by atoms with van der Waals surface area (Å²) in [4.78, 5) is 3.07. The molecule has 0 atom stereocenters. The van der Waals surface area contributed by atoms with Crippen molar-refractivity contribution in [2.75, 3.05) is 25.4 Å². The van der Waals surface area contributed by atoms with Crippen LogP contribution in [0.4, 0.5) is 0 Å². The van der Waals surface area contributed by atoms with Crippen molar-refractivity contribution in [1.29, 1.82) is 0 Å². The summed E-state index contributed by atoms with van der Waals surface area (Å²) in [6.45, 7) is 3.82. The van der Waals surface area contributed by atoms with Crippen LogP contribution in [0.5, 0.6) is 0 Å². The molecule has 1 fully saturated rings. The molecule has 0 amide bonds. The van der Waals surface area contributed by atoms with Crippen molar-refractivity contribution in [2.24, 2.45) is 5.73 Å². The summed E-state index contributed by atoms with van der Waals surface area (Å²) in [5, 5.41) is 0. The van der Waals surface area contributed by atoms with Crippen LogP contribution in [0.25, 0.3) is 0 Å². The topological polar surface area (TPSA) is 29.3 Å². The molecule has 0 radical (unpaired) electrons. The van der Waals surface area contributed by atoms with Gasteiger partial charge >= 0.3 is 0 Å². The molecule has 0 aromatic heterocycles. The van der Waals surface area contributed by atoms with E-state index in [1.54, 1.807) is 0 Å². The third-order valence-electron chi connectivity index (χ3n) is 3.51. The van der Waals surface area contributed by atoms with Crippen LogP contribution in [0.3, 0.4) is 0 Å². The highest BCUT2D eigenvalue weighted by Gasteiger charge is 2.08. The molecule has 2 rings (SSSR count). The quantitative estimate of drug-likeness (QED) is 0.645. The monoisotopic (exact) mass is 294 g/mol. The Morgan fingerprint density at radius 2 is 1.84 bits per heavy atom. The Morgan fingerprint density at radius 3 is 2.47 bits per heavy atom. The van der Waals surface area contributed by atoms with Crippen molar-refractivity contribution in [1.82, 2.24) is 4.90 Å². The van der Waals surface area contributed by atoms with Crippen molar-refractivity contribution < 1.29 is 0 Å². The largest absolute Gasteiger partial charge is 0.389 e. The van der Waals surface area contributed by atoms with E-state index in [9.17, 15) is 0 Å². The van der Waals surface area contributed by atoms with Gasteiger partial charge in [-0.25, -0.2) is 0 Å². The van der Waals surface area contributed by atoms with Crippen molar-refractivity contribution in [3.8, 4) is 0 Å². The highest BCUT2D eigenvalue weighted by Crippen LogP contribution is 2.15. The van der Waals surface area contributed by atoms with Gasteiger partial charge in [-0.1, -0.05) is 42.9 Å². The minimum absolute atomic E-state index is 0.476. The lowest BCUT2D eigenvalue weighted by atomic mass is 10.1.